The van der Waals surface area contributed by atoms with E-state index in [0.717, 1.165) is 18.9 Å². The van der Waals surface area contributed by atoms with Crippen molar-refractivity contribution in [1.29, 1.82) is 0 Å². The summed E-state index contributed by atoms with van der Waals surface area (Å²) in [5.74, 6) is 2.28. The molecule has 0 amide bonds. The van der Waals surface area contributed by atoms with Crippen LogP contribution in [0.3, 0.4) is 0 Å². The van der Waals surface area contributed by atoms with Gasteiger partial charge in [0.05, 0.1) is 6.61 Å². The van der Waals surface area contributed by atoms with Gasteiger partial charge in [-0.15, -0.1) is 0 Å². The number of hydrogen-bond acceptors (Lipinski definition) is 2. The standard InChI is InChI=1S/C16H25NO/c1-2-18-15-10-8-13(9-11-15)16-7-5-3-4-6-14(16)12-17/h8-11,14,16H,2-7,12,17H2,1H3. The predicted molar refractivity (Wildman–Crippen MR) is 76.0 cm³/mol. The molecular weight excluding hydrogens is 222 g/mol. The van der Waals surface area contributed by atoms with Gasteiger partial charge in [-0.3, -0.25) is 0 Å². The Kier molecular flexibility index (Phi) is 5.06. The third-order valence-corrected chi connectivity index (χ3v) is 4.08. The number of benzene rings is 1. The van der Waals surface area contributed by atoms with Crippen LogP contribution in [0.5, 0.6) is 5.75 Å². The van der Waals surface area contributed by atoms with E-state index in [1.165, 1.54) is 37.7 Å². The fraction of sp³-hybridized carbons (Fsp3) is 0.625. The van der Waals surface area contributed by atoms with Crippen LogP contribution in [0.25, 0.3) is 0 Å². The van der Waals surface area contributed by atoms with Gasteiger partial charge >= 0.3 is 0 Å². The second kappa shape index (κ2) is 6.79. The minimum atomic E-state index is 0.646. The highest BCUT2D eigenvalue weighted by atomic mass is 16.5. The first-order valence-corrected chi connectivity index (χ1v) is 7.28. The molecule has 0 radical (unpaired) electrons. The normalized spacial score (nSPS) is 24.6. The molecule has 1 saturated carbocycles. The van der Waals surface area contributed by atoms with E-state index in [1.807, 2.05) is 6.92 Å². The summed E-state index contributed by atoms with van der Waals surface area (Å²) >= 11 is 0. The van der Waals surface area contributed by atoms with E-state index in [1.54, 1.807) is 0 Å². The molecule has 100 valence electrons. The summed E-state index contributed by atoms with van der Waals surface area (Å²) < 4.78 is 5.50. The predicted octanol–water partition coefficient (Wildman–Crippen LogP) is 3.71. The average molecular weight is 247 g/mol. The molecule has 0 aliphatic heterocycles. The highest BCUT2D eigenvalue weighted by Crippen LogP contribution is 2.36. The first kappa shape index (κ1) is 13.4. The first-order chi connectivity index (χ1) is 8.85. The van der Waals surface area contributed by atoms with Crippen LogP contribution in [-0.2, 0) is 0 Å². The van der Waals surface area contributed by atoms with Crippen molar-refractivity contribution in [2.45, 2.75) is 44.9 Å². The SMILES string of the molecule is CCOc1ccc(C2CCCCCC2CN)cc1. The molecule has 18 heavy (non-hydrogen) atoms. The molecular formula is C16H25NO. The zero-order chi connectivity index (χ0) is 12.8. The molecule has 1 fully saturated rings. The molecule has 2 unspecified atom stereocenters. The Labute approximate surface area is 111 Å². The maximum atomic E-state index is 5.95. The largest absolute Gasteiger partial charge is 0.494 e. The lowest BCUT2D eigenvalue weighted by atomic mass is 9.82. The number of ether oxygens (including phenoxy) is 1. The third kappa shape index (κ3) is 3.26. The summed E-state index contributed by atoms with van der Waals surface area (Å²) in [6.45, 7) is 3.57. The summed E-state index contributed by atoms with van der Waals surface area (Å²) in [7, 11) is 0. The topological polar surface area (TPSA) is 35.2 Å². The number of hydrogen-bond donors (Lipinski definition) is 1. The Morgan fingerprint density at radius 1 is 1.11 bits per heavy atom. The van der Waals surface area contributed by atoms with Gasteiger partial charge in [-0.1, -0.05) is 31.4 Å². The molecule has 0 bridgehead atoms. The molecule has 2 atom stereocenters. The molecule has 1 aromatic rings. The molecule has 1 aliphatic carbocycles. The van der Waals surface area contributed by atoms with Crippen LogP contribution in [0.4, 0.5) is 0 Å². The molecule has 1 aliphatic rings. The van der Waals surface area contributed by atoms with Gasteiger partial charge in [0, 0.05) is 0 Å². The molecule has 0 heterocycles. The van der Waals surface area contributed by atoms with Crippen molar-refractivity contribution in [2.24, 2.45) is 11.7 Å². The first-order valence-electron chi connectivity index (χ1n) is 7.28. The van der Waals surface area contributed by atoms with E-state index >= 15 is 0 Å². The van der Waals surface area contributed by atoms with Crippen molar-refractivity contribution < 1.29 is 4.74 Å². The summed E-state index contributed by atoms with van der Waals surface area (Å²) in [4.78, 5) is 0. The summed E-state index contributed by atoms with van der Waals surface area (Å²) in [5, 5.41) is 0. The van der Waals surface area contributed by atoms with E-state index in [-0.39, 0.29) is 0 Å². The second-order valence-electron chi connectivity index (χ2n) is 5.24. The van der Waals surface area contributed by atoms with Crippen molar-refractivity contribution >= 4 is 0 Å². The summed E-state index contributed by atoms with van der Waals surface area (Å²) in [6.07, 6.45) is 6.62. The zero-order valence-electron chi connectivity index (χ0n) is 11.4. The maximum Gasteiger partial charge on any atom is 0.119 e. The molecule has 2 N–H and O–H groups in total. The Balaban J connectivity index is 2.11. The highest BCUT2D eigenvalue weighted by Gasteiger charge is 2.23. The molecule has 2 rings (SSSR count). The van der Waals surface area contributed by atoms with Gasteiger partial charge in [0.15, 0.2) is 0 Å². The van der Waals surface area contributed by atoms with Crippen molar-refractivity contribution in [3.63, 3.8) is 0 Å². The van der Waals surface area contributed by atoms with Gasteiger partial charge < -0.3 is 10.5 Å². The maximum absolute atomic E-state index is 5.95. The number of rotatable bonds is 4. The highest BCUT2D eigenvalue weighted by molar-refractivity contribution is 5.30. The van der Waals surface area contributed by atoms with Crippen LogP contribution in [0.2, 0.25) is 0 Å². The lowest BCUT2D eigenvalue weighted by molar-refractivity contribution is 0.339. The van der Waals surface area contributed by atoms with E-state index in [0.29, 0.717) is 11.8 Å². The molecule has 2 nitrogen and oxygen atoms in total. The molecule has 2 heteroatoms. The van der Waals surface area contributed by atoms with E-state index in [9.17, 15) is 0 Å². The lowest BCUT2D eigenvalue weighted by Crippen LogP contribution is -2.21. The van der Waals surface area contributed by atoms with Gasteiger partial charge in [-0.25, -0.2) is 0 Å². The minimum absolute atomic E-state index is 0.646. The Bertz CT molecular complexity index is 347. The molecule has 0 aromatic heterocycles. The number of nitrogens with two attached hydrogens (primary N) is 1. The van der Waals surface area contributed by atoms with Crippen LogP contribution >= 0.6 is 0 Å². The van der Waals surface area contributed by atoms with Crippen molar-refractivity contribution in [3.05, 3.63) is 29.8 Å². The summed E-state index contributed by atoms with van der Waals surface area (Å²) in [6, 6.07) is 8.64. The molecule has 0 saturated heterocycles. The van der Waals surface area contributed by atoms with Crippen molar-refractivity contribution in [2.75, 3.05) is 13.2 Å². The average Bonchev–Trinajstić information content (AvgIpc) is 2.65. The Hall–Kier alpha value is -1.02. The van der Waals surface area contributed by atoms with Crippen LogP contribution in [0, 0.1) is 5.92 Å². The third-order valence-electron chi connectivity index (χ3n) is 4.08. The van der Waals surface area contributed by atoms with Crippen LogP contribution in [-0.4, -0.2) is 13.2 Å². The quantitative estimate of drug-likeness (QED) is 0.823. The lowest BCUT2D eigenvalue weighted by Gasteiger charge is -2.24. The fourth-order valence-electron chi connectivity index (χ4n) is 3.08. The van der Waals surface area contributed by atoms with E-state index in [4.69, 9.17) is 10.5 Å². The van der Waals surface area contributed by atoms with E-state index < -0.39 is 0 Å². The van der Waals surface area contributed by atoms with Crippen molar-refractivity contribution in [3.8, 4) is 5.75 Å². The fourth-order valence-corrected chi connectivity index (χ4v) is 3.08. The van der Waals surface area contributed by atoms with E-state index in [2.05, 4.69) is 24.3 Å². The monoisotopic (exact) mass is 247 g/mol. The van der Waals surface area contributed by atoms with Crippen LogP contribution < -0.4 is 10.5 Å². The van der Waals surface area contributed by atoms with Crippen LogP contribution in [0.1, 0.15) is 50.5 Å². The van der Waals surface area contributed by atoms with Crippen molar-refractivity contribution in [1.82, 2.24) is 0 Å². The Morgan fingerprint density at radius 3 is 2.50 bits per heavy atom. The van der Waals surface area contributed by atoms with Crippen LogP contribution in [0.15, 0.2) is 24.3 Å². The van der Waals surface area contributed by atoms with Gasteiger partial charge in [0.1, 0.15) is 5.75 Å². The van der Waals surface area contributed by atoms with Gasteiger partial charge in [-0.05, 0) is 55.8 Å². The Morgan fingerprint density at radius 2 is 1.83 bits per heavy atom. The smallest absolute Gasteiger partial charge is 0.119 e. The molecule has 1 aromatic carbocycles. The summed E-state index contributed by atoms with van der Waals surface area (Å²) in [5.41, 5.74) is 7.39. The van der Waals surface area contributed by atoms with Gasteiger partial charge in [0.25, 0.3) is 0 Å². The van der Waals surface area contributed by atoms with Gasteiger partial charge in [0.2, 0.25) is 0 Å². The van der Waals surface area contributed by atoms with Gasteiger partial charge in [-0.2, -0.15) is 0 Å². The zero-order valence-corrected chi connectivity index (χ0v) is 11.4. The molecule has 0 spiro atoms. The minimum Gasteiger partial charge on any atom is -0.494 e. The second-order valence-corrected chi connectivity index (χ2v) is 5.24.